The molecule has 8 nitrogen and oxygen atoms in total. The number of aromatic nitrogens is 3. The molecule has 35 heavy (non-hydrogen) atoms. The standard InChI is InChI=1S/C26H29N5O3S/c1-16(2)31-25-23(15-27-31)22(14-24(29-25)21-12-7-6-9-17(21)3)26(32)28-18(4)19-10-8-11-20(13-19)30-35(5,33)34/h6-16,18,30H,1-5H3,(H,28,32). The summed E-state index contributed by atoms with van der Waals surface area (Å²) in [5.41, 5.74) is 5.06. The number of nitrogens with zero attached hydrogens (tertiary/aromatic N) is 3. The molecule has 0 radical (unpaired) electrons. The van der Waals surface area contributed by atoms with Gasteiger partial charge in [0.15, 0.2) is 5.65 Å². The lowest BCUT2D eigenvalue weighted by Gasteiger charge is -2.17. The molecule has 0 aliphatic carbocycles. The van der Waals surface area contributed by atoms with E-state index >= 15 is 0 Å². The van der Waals surface area contributed by atoms with Crippen LogP contribution in [0.5, 0.6) is 0 Å². The molecule has 9 heteroatoms. The van der Waals surface area contributed by atoms with Crippen molar-refractivity contribution < 1.29 is 13.2 Å². The van der Waals surface area contributed by atoms with Gasteiger partial charge in [0.05, 0.1) is 35.1 Å². The van der Waals surface area contributed by atoms with Crippen LogP contribution >= 0.6 is 0 Å². The number of nitrogens with one attached hydrogen (secondary N) is 2. The van der Waals surface area contributed by atoms with Crippen molar-refractivity contribution in [3.8, 4) is 11.3 Å². The summed E-state index contributed by atoms with van der Waals surface area (Å²) in [6, 6.07) is 16.4. The Balaban J connectivity index is 1.73. The number of anilines is 1. The van der Waals surface area contributed by atoms with Crippen LogP contribution in [-0.4, -0.2) is 35.3 Å². The quantitative estimate of drug-likeness (QED) is 0.384. The van der Waals surface area contributed by atoms with Crippen LogP contribution in [0.2, 0.25) is 0 Å². The molecule has 0 saturated heterocycles. The summed E-state index contributed by atoms with van der Waals surface area (Å²) >= 11 is 0. The Morgan fingerprint density at radius 1 is 1.03 bits per heavy atom. The Kier molecular flexibility index (Phi) is 6.62. The molecule has 0 bridgehead atoms. The van der Waals surface area contributed by atoms with E-state index in [4.69, 9.17) is 4.98 Å². The number of hydrogen-bond acceptors (Lipinski definition) is 5. The van der Waals surface area contributed by atoms with E-state index in [9.17, 15) is 13.2 Å². The fourth-order valence-corrected chi connectivity index (χ4v) is 4.58. The Bertz CT molecular complexity index is 1510. The number of sulfonamides is 1. The molecule has 2 aromatic heterocycles. The van der Waals surface area contributed by atoms with Gasteiger partial charge in [-0.2, -0.15) is 5.10 Å². The maximum Gasteiger partial charge on any atom is 0.252 e. The van der Waals surface area contributed by atoms with Gasteiger partial charge in [0.25, 0.3) is 5.91 Å². The molecule has 4 aromatic rings. The van der Waals surface area contributed by atoms with Crippen LogP contribution in [0.25, 0.3) is 22.3 Å². The number of aryl methyl sites for hydroxylation is 1. The van der Waals surface area contributed by atoms with Gasteiger partial charge in [-0.15, -0.1) is 0 Å². The van der Waals surface area contributed by atoms with Crippen molar-refractivity contribution in [1.82, 2.24) is 20.1 Å². The number of fused-ring (bicyclic) bond motifs is 1. The normalized spacial score (nSPS) is 12.6. The smallest absolute Gasteiger partial charge is 0.252 e. The minimum atomic E-state index is -3.40. The molecule has 0 saturated carbocycles. The SMILES string of the molecule is Cc1ccccc1-c1cc(C(=O)NC(C)c2cccc(NS(C)(=O)=O)c2)c2cnn(C(C)C)c2n1. The first-order valence-electron chi connectivity index (χ1n) is 11.4. The monoisotopic (exact) mass is 491 g/mol. The van der Waals surface area contributed by atoms with E-state index in [1.807, 2.05) is 62.7 Å². The van der Waals surface area contributed by atoms with Crippen LogP contribution in [0.4, 0.5) is 5.69 Å². The average Bonchev–Trinajstić information content (AvgIpc) is 3.22. The largest absolute Gasteiger partial charge is 0.345 e. The molecule has 0 aliphatic rings. The first-order chi connectivity index (χ1) is 16.5. The number of carbonyl (C=O) groups is 1. The van der Waals surface area contributed by atoms with Gasteiger partial charge in [0.2, 0.25) is 10.0 Å². The predicted octanol–water partition coefficient (Wildman–Crippen LogP) is 4.85. The molecule has 1 unspecified atom stereocenters. The van der Waals surface area contributed by atoms with Gasteiger partial charge < -0.3 is 5.32 Å². The van der Waals surface area contributed by atoms with Crippen molar-refractivity contribution >= 4 is 32.7 Å². The third-order valence-corrected chi connectivity index (χ3v) is 6.37. The Hall–Kier alpha value is -3.72. The zero-order valence-corrected chi connectivity index (χ0v) is 21.2. The van der Waals surface area contributed by atoms with Crippen LogP contribution in [0.3, 0.4) is 0 Å². The van der Waals surface area contributed by atoms with Crippen molar-refractivity contribution in [2.75, 3.05) is 11.0 Å². The van der Waals surface area contributed by atoms with E-state index in [1.165, 1.54) is 0 Å². The van der Waals surface area contributed by atoms with Gasteiger partial charge in [-0.1, -0.05) is 36.4 Å². The van der Waals surface area contributed by atoms with Gasteiger partial charge in [0.1, 0.15) is 0 Å². The molecule has 1 atom stereocenters. The molecule has 2 aromatic carbocycles. The van der Waals surface area contributed by atoms with Gasteiger partial charge >= 0.3 is 0 Å². The number of pyridine rings is 1. The van der Waals surface area contributed by atoms with E-state index in [2.05, 4.69) is 15.1 Å². The molecule has 4 rings (SSSR count). The molecule has 0 spiro atoms. The zero-order chi connectivity index (χ0) is 25.3. The lowest BCUT2D eigenvalue weighted by Crippen LogP contribution is -2.27. The van der Waals surface area contributed by atoms with Crippen molar-refractivity contribution in [2.24, 2.45) is 0 Å². The van der Waals surface area contributed by atoms with Crippen molar-refractivity contribution in [1.29, 1.82) is 0 Å². The maximum absolute atomic E-state index is 13.5. The Morgan fingerprint density at radius 2 is 1.77 bits per heavy atom. The zero-order valence-electron chi connectivity index (χ0n) is 20.4. The first kappa shape index (κ1) is 24.4. The van der Waals surface area contributed by atoms with Gasteiger partial charge in [0, 0.05) is 17.3 Å². The third-order valence-electron chi connectivity index (χ3n) is 5.76. The first-order valence-corrected chi connectivity index (χ1v) is 13.3. The lowest BCUT2D eigenvalue weighted by atomic mass is 10.0. The summed E-state index contributed by atoms with van der Waals surface area (Å²) in [6.45, 7) is 7.91. The second kappa shape index (κ2) is 9.50. The highest BCUT2D eigenvalue weighted by molar-refractivity contribution is 7.92. The van der Waals surface area contributed by atoms with Crippen LogP contribution < -0.4 is 10.0 Å². The molecular weight excluding hydrogens is 462 g/mol. The topological polar surface area (TPSA) is 106 Å². The minimum absolute atomic E-state index is 0.0760. The number of hydrogen-bond donors (Lipinski definition) is 2. The number of amides is 1. The fourth-order valence-electron chi connectivity index (χ4n) is 4.03. The number of carbonyl (C=O) groups excluding carboxylic acids is 1. The maximum atomic E-state index is 13.5. The Morgan fingerprint density at radius 3 is 2.46 bits per heavy atom. The van der Waals surface area contributed by atoms with Crippen molar-refractivity contribution in [2.45, 2.75) is 39.8 Å². The predicted molar refractivity (Wildman–Crippen MR) is 139 cm³/mol. The van der Waals surface area contributed by atoms with E-state index in [1.54, 1.807) is 30.5 Å². The highest BCUT2D eigenvalue weighted by Gasteiger charge is 2.21. The number of benzene rings is 2. The van der Waals surface area contributed by atoms with E-state index < -0.39 is 10.0 Å². The average molecular weight is 492 g/mol. The van der Waals surface area contributed by atoms with Crippen LogP contribution in [-0.2, 0) is 10.0 Å². The lowest BCUT2D eigenvalue weighted by molar-refractivity contribution is 0.0941. The number of rotatable bonds is 7. The van der Waals surface area contributed by atoms with E-state index in [0.29, 0.717) is 28.0 Å². The summed E-state index contributed by atoms with van der Waals surface area (Å²) < 4.78 is 27.5. The summed E-state index contributed by atoms with van der Waals surface area (Å²) in [5.74, 6) is -0.260. The third kappa shape index (κ3) is 5.35. The summed E-state index contributed by atoms with van der Waals surface area (Å²) in [7, 11) is -3.40. The highest BCUT2D eigenvalue weighted by Crippen LogP contribution is 2.29. The van der Waals surface area contributed by atoms with Gasteiger partial charge in [-0.05, 0) is 57.0 Å². The molecule has 1 amide bonds. The fraction of sp³-hybridized carbons (Fsp3) is 0.269. The van der Waals surface area contributed by atoms with E-state index in [0.717, 1.165) is 22.9 Å². The molecular formula is C26H29N5O3S. The van der Waals surface area contributed by atoms with Crippen LogP contribution in [0.15, 0.2) is 60.8 Å². The minimum Gasteiger partial charge on any atom is -0.345 e. The Labute approximate surface area is 205 Å². The molecule has 182 valence electrons. The second-order valence-electron chi connectivity index (χ2n) is 8.98. The van der Waals surface area contributed by atoms with Crippen LogP contribution in [0.1, 0.15) is 54.3 Å². The molecule has 2 heterocycles. The summed E-state index contributed by atoms with van der Waals surface area (Å²) in [6.07, 6.45) is 2.78. The molecule has 0 fully saturated rings. The highest BCUT2D eigenvalue weighted by atomic mass is 32.2. The van der Waals surface area contributed by atoms with Crippen LogP contribution in [0, 0.1) is 6.92 Å². The summed E-state index contributed by atoms with van der Waals surface area (Å²) in [4.78, 5) is 18.4. The van der Waals surface area contributed by atoms with Crippen molar-refractivity contribution in [3.05, 3.63) is 77.5 Å². The van der Waals surface area contributed by atoms with E-state index in [-0.39, 0.29) is 18.0 Å². The second-order valence-corrected chi connectivity index (χ2v) is 10.7. The summed E-state index contributed by atoms with van der Waals surface area (Å²) in [5, 5.41) is 8.21. The molecule has 2 N–H and O–H groups in total. The molecule has 0 aliphatic heterocycles. The van der Waals surface area contributed by atoms with Gasteiger partial charge in [-0.25, -0.2) is 18.1 Å². The van der Waals surface area contributed by atoms with Gasteiger partial charge in [-0.3, -0.25) is 9.52 Å². The van der Waals surface area contributed by atoms with Crippen molar-refractivity contribution in [3.63, 3.8) is 0 Å².